The number of carbonyl (C=O) groups excluding carboxylic acids is 1. The zero-order valence-electron chi connectivity index (χ0n) is 11.4. The smallest absolute Gasteiger partial charge is 0.234 e. The largest absolute Gasteiger partial charge is 0.392 e. The highest BCUT2D eigenvalue weighted by Gasteiger charge is 2.25. The van der Waals surface area contributed by atoms with E-state index in [1.54, 1.807) is 6.08 Å². The van der Waals surface area contributed by atoms with Crippen LogP contribution in [0.4, 0.5) is 0 Å². The van der Waals surface area contributed by atoms with Gasteiger partial charge in [0.2, 0.25) is 5.91 Å². The summed E-state index contributed by atoms with van der Waals surface area (Å²) in [6, 6.07) is 0.376. The van der Waals surface area contributed by atoms with Gasteiger partial charge in [0.25, 0.3) is 0 Å². The molecule has 0 aromatic rings. The average molecular weight is 255 g/mol. The van der Waals surface area contributed by atoms with Gasteiger partial charge < -0.3 is 10.4 Å². The lowest BCUT2D eigenvalue weighted by Crippen LogP contribution is -2.55. The second kappa shape index (κ2) is 7.51. The molecular weight excluding hydrogens is 230 g/mol. The van der Waals surface area contributed by atoms with E-state index in [2.05, 4.69) is 28.6 Å². The van der Waals surface area contributed by atoms with Crippen LogP contribution in [0.15, 0.2) is 12.7 Å². The number of aliphatic hydroxyl groups excluding tert-OH is 1. The topological polar surface area (TPSA) is 55.8 Å². The molecule has 0 aromatic heterocycles. The second-order valence-corrected chi connectivity index (χ2v) is 5.02. The van der Waals surface area contributed by atoms with Crippen LogP contribution < -0.4 is 5.32 Å². The third-order valence-electron chi connectivity index (χ3n) is 3.16. The number of amides is 1. The van der Waals surface area contributed by atoms with Gasteiger partial charge in [-0.1, -0.05) is 6.08 Å². The van der Waals surface area contributed by atoms with Gasteiger partial charge in [0.1, 0.15) is 0 Å². The summed E-state index contributed by atoms with van der Waals surface area (Å²) in [5.41, 5.74) is 0. The van der Waals surface area contributed by atoms with E-state index in [4.69, 9.17) is 0 Å². The zero-order valence-corrected chi connectivity index (χ0v) is 11.4. The summed E-state index contributed by atoms with van der Waals surface area (Å²) in [4.78, 5) is 16.0. The van der Waals surface area contributed by atoms with Gasteiger partial charge in [-0.05, 0) is 13.8 Å². The lowest BCUT2D eigenvalue weighted by atomic mass is 10.1. The minimum absolute atomic E-state index is 0.0473. The fourth-order valence-electron chi connectivity index (χ4n) is 2.27. The number of piperazine rings is 1. The van der Waals surface area contributed by atoms with Crippen LogP contribution >= 0.6 is 0 Å². The molecule has 18 heavy (non-hydrogen) atoms. The summed E-state index contributed by atoms with van der Waals surface area (Å²) in [6.07, 6.45) is 1.39. The first-order chi connectivity index (χ1) is 8.52. The predicted molar refractivity (Wildman–Crippen MR) is 72.4 cm³/mol. The number of rotatable bonds is 6. The molecule has 0 bridgehead atoms. The lowest BCUT2D eigenvalue weighted by Gasteiger charge is -2.40. The number of nitrogens with zero attached hydrogens (tertiary/aromatic N) is 2. The quantitative estimate of drug-likeness (QED) is 0.639. The number of carbonyl (C=O) groups is 1. The Kier molecular flexibility index (Phi) is 6.32. The Bertz CT molecular complexity index is 281. The van der Waals surface area contributed by atoms with Crippen molar-refractivity contribution in [2.24, 2.45) is 0 Å². The van der Waals surface area contributed by atoms with Crippen LogP contribution in [0.1, 0.15) is 13.8 Å². The number of hydrogen-bond donors (Lipinski definition) is 2. The van der Waals surface area contributed by atoms with Crippen molar-refractivity contribution < 1.29 is 9.90 Å². The fraction of sp³-hybridized carbons (Fsp3) is 0.769. The van der Waals surface area contributed by atoms with Gasteiger partial charge in [0.05, 0.1) is 12.6 Å². The van der Waals surface area contributed by atoms with Crippen LogP contribution in [0.3, 0.4) is 0 Å². The van der Waals surface area contributed by atoms with Crippen molar-refractivity contribution in [3.05, 3.63) is 12.7 Å². The molecule has 2 unspecified atom stereocenters. The van der Waals surface area contributed by atoms with Crippen molar-refractivity contribution in [1.82, 2.24) is 15.1 Å². The van der Waals surface area contributed by atoms with Crippen LogP contribution in [-0.2, 0) is 4.79 Å². The Hall–Kier alpha value is -0.910. The molecule has 2 N–H and O–H groups in total. The summed E-state index contributed by atoms with van der Waals surface area (Å²) in [5, 5.41) is 12.2. The number of β-amino-alcohol motifs (C(OH)–C–C–N with tert-alkyl or cyclic N) is 1. The van der Waals surface area contributed by atoms with Crippen molar-refractivity contribution in [3.8, 4) is 0 Å². The fourth-order valence-corrected chi connectivity index (χ4v) is 2.27. The van der Waals surface area contributed by atoms with E-state index >= 15 is 0 Å². The van der Waals surface area contributed by atoms with Crippen LogP contribution in [0.2, 0.25) is 0 Å². The van der Waals surface area contributed by atoms with E-state index in [1.807, 2.05) is 6.92 Å². The summed E-state index contributed by atoms with van der Waals surface area (Å²) < 4.78 is 0. The summed E-state index contributed by atoms with van der Waals surface area (Å²) >= 11 is 0. The normalized spacial score (nSPS) is 23.6. The van der Waals surface area contributed by atoms with Crippen LogP contribution in [-0.4, -0.2) is 72.2 Å². The van der Waals surface area contributed by atoms with E-state index < -0.39 is 0 Å². The highest BCUT2D eigenvalue weighted by Crippen LogP contribution is 2.09. The Balaban J connectivity index is 2.31. The molecule has 2 atom stereocenters. The maximum atomic E-state index is 11.6. The van der Waals surface area contributed by atoms with Gasteiger partial charge in [-0.15, -0.1) is 6.58 Å². The molecule has 0 saturated carbocycles. The number of nitrogens with one attached hydrogen (secondary N) is 1. The van der Waals surface area contributed by atoms with Gasteiger partial charge in [-0.25, -0.2) is 0 Å². The van der Waals surface area contributed by atoms with Crippen molar-refractivity contribution in [2.45, 2.75) is 26.0 Å². The van der Waals surface area contributed by atoms with E-state index in [9.17, 15) is 9.90 Å². The molecule has 5 nitrogen and oxygen atoms in total. The second-order valence-electron chi connectivity index (χ2n) is 5.02. The summed E-state index contributed by atoms with van der Waals surface area (Å²) in [7, 11) is 0. The van der Waals surface area contributed by atoms with Crippen LogP contribution in [0.25, 0.3) is 0 Å². The number of aliphatic hydroxyl groups is 1. The molecular formula is C13H25N3O2. The molecule has 0 aliphatic carbocycles. The highest BCUT2D eigenvalue weighted by molar-refractivity contribution is 5.78. The van der Waals surface area contributed by atoms with Gasteiger partial charge in [-0.2, -0.15) is 0 Å². The Labute approximate surface area is 109 Å². The van der Waals surface area contributed by atoms with Gasteiger partial charge in [0.15, 0.2) is 0 Å². The van der Waals surface area contributed by atoms with Crippen molar-refractivity contribution in [1.29, 1.82) is 0 Å². The van der Waals surface area contributed by atoms with E-state index in [1.165, 1.54) is 0 Å². The molecule has 1 aliphatic rings. The number of hydrogen-bond acceptors (Lipinski definition) is 4. The molecule has 1 amide bonds. The molecule has 0 spiro atoms. The average Bonchev–Trinajstić information content (AvgIpc) is 2.29. The van der Waals surface area contributed by atoms with Crippen LogP contribution in [0, 0.1) is 0 Å². The van der Waals surface area contributed by atoms with Gasteiger partial charge in [0, 0.05) is 38.8 Å². The molecule has 1 heterocycles. The lowest BCUT2D eigenvalue weighted by molar-refractivity contribution is -0.122. The van der Waals surface area contributed by atoms with E-state index in [0.29, 0.717) is 25.7 Å². The van der Waals surface area contributed by atoms with Gasteiger partial charge >= 0.3 is 0 Å². The molecule has 0 radical (unpaired) electrons. The standard InChI is InChI=1S/C13H25N3O2/c1-4-5-14-13(18)10-15-6-7-16(9-12(3)17)11(2)8-15/h4,11-12,17H,1,5-10H2,2-3H3,(H,14,18). The Morgan fingerprint density at radius 2 is 2.33 bits per heavy atom. The molecule has 1 fully saturated rings. The summed E-state index contributed by atoms with van der Waals surface area (Å²) in [6.45, 7) is 11.8. The molecule has 1 aliphatic heterocycles. The van der Waals surface area contributed by atoms with E-state index in [-0.39, 0.29) is 12.0 Å². The third kappa shape index (κ3) is 5.16. The van der Waals surface area contributed by atoms with Crippen molar-refractivity contribution in [3.63, 3.8) is 0 Å². The maximum absolute atomic E-state index is 11.6. The van der Waals surface area contributed by atoms with Gasteiger partial charge in [-0.3, -0.25) is 14.6 Å². The predicted octanol–water partition coefficient (Wildman–Crippen LogP) is -0.324. The zero-order chi connectivity index (χ0) is 13.5. The van der Waals surface area contributed by atoms with Crippen molar-refractivity contribution in [2.75, 3.05) is 39.3 Å². The molecule has 5 heteroatoms. The van der Waals surface area contributed by atoms with Crippen LogP contribution in [0.5, 0.6) is 0 Å². The SMILES string of the molecule is C=CCNC(=O)CN1CCN(CC(C)O)C(C)C1. The molecule has 0 aromatic carbocycles. The van der Waals surface area contributed by atoms with Crippen molar-refractivity contribution >= 4 is 5.91 Å². The maximum Gasteiger partial charge on any atom is 0.234 e. The summed E-state index contributed by atoms with van der Waals surface area (Å²) in [5.74, 6) is 0.0473. The monoisotopic (exact) mass is 255 g/mol. The Morgan fingerprint density at radius 3 is 2.89 bits per heavy atom. The first-order valence-corrected chi connectivity index (χ1v) is 6.55. The third-order valence-corrected chi connectivity index (χ3v) is 3.16. The minimum atomic E-state index is -0.296. The Morgan fingerprint density at radius 1 is 1.61 bits per heavy atom. The highest BCUT2D eigenvalue weighted by atomic mass is 16.3. The first kappa shape index (κ1) is 15.1. The molecule has 1 rings (SSSR count). The minimum Gasteiger partial charge on any atom is -0.392 e. The molecule has 104 valence electrons. The molecule has 1 saturated heterocycles. The van der Waals surface area contributed by atoms with E-state index in [0.717, 1.165) is 19.6 Å². The first-order valence-electron chi connectivity index (χ1n) is 6.55.